The number of nitrogens with one attached hydrogen (secondary N) is 2. The Morgan fingerprint density at radius 2 is 1.68 bits per heavy atom. The van der Waals surface area contributed by atoms with Crippen molar-refractivity contribution in [3.8, 4) is 5.75 Å². The van der Waals surface area contributed by atoms with E-state index in [-0.39, 0.29) is 24.2 Å². The molecule has 2 N–H and O–H groups in total. The molecule has 0 radical (unpaired) electrons. The van der Waals surface area contributed by atoms with Crippen molar-refractivity contribution in [1.82, 2.24) is 9.78 Å². The van der Waals surface area contributed by atoms with Crippen LogP contribution in [0.25, 0.3) is 0 Å². The predicted octanol–water partition coefficient (Wildman–Crippen LogP) is 3.75. The number of carbonyl (C=O) groups is 2. The van der Waals surface area contributed by atoms with Gasteiger partial charge in [0.15, 0.2) is 12.4 Å². The van der Waals surface area contributed by atoms with Crippen molar-refractivity contribution in [1.29, 1.82) is 0 Å². The van der Waals surface area contributed by atoms with Crippen LogP contribution in [0.15, 0.2) is 54.7 Å². The van der Waals surface area contributed by atoms with Gasteiger partial charge in [-0.05, 0) is 61.4 Å². The number of benzene rings is 2. The minimum Gasteiger partial charge on any atom is -0.471 e. The molecular formula is C21H22N4O3. The Morgan fingerprint density at radius 3 is 2.36 bits per heavy atom. The average Bonchev–Trinajstić information content (AvgIpc) is 3.13. The molecule has 0 saturated heterocycles. The lowest BCUT2D eigenvalue weighted by molar-refractivity contribution is -0.114. The zero-order chi connectivity index (χ0) is 20.1. The standard InChI is InChI=1S/C21H22N4O3/c1-14-4-5-15(2)20(12-14)28-13-25-11-10-19(24-25)21(27)23-18-8-6-17(7-9-18)22-16(3)26/h4-12H,13H2,1-3H3,(H,22,26)(H,23,27). The highest BCUT2D eigenvalue weighted by Gasteiger charge is 2.10. The number of aryl methyl sites for hydroxylation is 2. The topological polar surface area (TPSA) is 85.2 Å². The molecular weight excluding hydrogens is 356 g/mol. The van der Waals surface area contributed by atoms with Crippen LogP contribution in [-0.2, 0) is 11.5 Å². The number of hydrogen-bond acceptors (Lipinski definition) is 4. The van der Waals surface area contributed by atoms with Gasteiger partial charge in [-0.25, -0.2) is 4.68 Å². The van der Waals surface area contributed by atoms with Crippen LogP contribution in [0, 0.1) is 13.8 Å². The molecule has 0 bridgehead atoms. The van der Waals surface area contributed by atoms with E-state index in [2.05, 4.69) is 15.7 Å². The molecule has 0 saturated carbocycles. The molecule has 2 aromatic carbocycles. The molecule has 0 unspecified atom stereocenters. The van der Waals surface area contributed by atoms with E-state index in [1.165, 1.54) is 6.92 Å². The molecule has 0 fully saturated rings. The molecule has 2 amide bonds. The Kier molecular flexibility index (Phi) is 5.74. The molecule has 0 aliphatic heterocycles. The fourth-order valence-electron chi connectivity index (χ4n) is 2.59. The second kappa shape index (κ2) is 8.39. The summed E-state index contributed by atoms with van der Waals surface area (Å²) >= 11 is 0. The Labute approximate surface area is 163 Å². The van der Waals surface area contributed by atoms with Crippen molar-refractivity contribution in [2.24, 2.45) is 0 Å². The number of anilines is 2. The number of rotatable bonds is 6. The molecule has 3 rings (SSSR count). The van der Waals surface area contributed by atoms with E-state index < -0.39 is 0 Å². The summed E-state index contributed by atoms with van der Waals surface area (Å²) in [4.78, 5) is 23.4. The SMILES string of the molecule is CC(=O)Nc1ccc(NC(=O)c2ccn(COc3cc(C)ccc3C)n2)cc1. The van der Waals surface area contributed by atoms with Gasteiger partial charge in [-0.1, -0.05) is 12.1 Å². The fraction of sp³-hybridized carbons (Fsp3) is 0.190. The highest BCUT2D eigenvalue weighted by molar-refractivity contribution is 6.03. The minimum absolute atomic E-state index is 0.148. The number of hydrogen-bond donors (Lipinski definition) is 2. The molecule has 7 heteroatoms. The smallest absolute Gasteiger partial charge is 0.276 e. The maximum absolute atomic E-state index is 12.4. The highest BCUT2D eigenvalue weighted by Crippen LogP contribution is 2.19. The second-order valence-electron chi connectivity index (χ2n) is 6.50. The van der Waals surface area contributed by atoms with E-state index in [4.69, 9.17) is 4.74 Å². The van der Waals surface area contributed by atoms with E-state index in [1.807, 2.05) is 32.0 Å². The van der Waals surface area contributed by atoms with Gasteiger partial charge in [0.25, 0.3) is 5.91 Å². The van der Waals surface area contributed by atoms with Crippen LogP contribution in [0.3, 0.4) is 0 Å². The second-order valence-corrected chi connectivity index (χ2v) is 6.50. The van der Waals surface area contributed by atoms with Crippen molar-refractivity contribution < 1.29 is 14.3 Å². The molecule has 0 atom stereocenters. The van der Waals surface area contributed by atoms with Gasteiger partial charge >= 0.3 is 0 Å². The molecule has 144 valence electrons. The third-order valence-corrected chi connectivity index (χ3v) is 4.03. The average molecular weight is 378 g/mol. The first-order chi connectivity index (χ1) is 13.4. The van der Waals surface area contributed by atoms with Gasteiger partial charge < -0.3 is 15.4 Å². The largest absolute Gasteiger partial charge is 0.471 e. The lowest BCUT2D eigenvalue weighted by atomic mass is 10.1. The Bertz CT molecular complexity index is 993. The summed E-state index contributed by atoms with van der Waals surface area (Å²) in [5.41, 5.74) is 3.72. The first-order valence-electron chi connectivity index (χ1n) is 8.83. The summed E-state index contributed by atoms with van der Waals surface area (Å²) in [7, 11) is 0. The summed E-state index contributed by atoms with van der Waals surface area (Å²) in [6.45, 7) is 5.64. The molecule has 7 nitrogen and oxygen atoms in total. The molecule has 0 aliphatic carbocycles. The lowest BCUT2D eigenvalue weighted by Gasteiger charge is -2.10. The lowest BCUT2D eigenvalue weighted by Crippen LogP contribution is -2.14. The Morgan fingerprint density at radius 1 is 1.00 bits per heavy atom. The van der Waals surface area contributed by atoms with Crippen LogP contribution < -0.4 is 15.4 Å². The summed E-state index contributed by atoms with van der Waals surface area (Å²) in [5, 5.41) is 9.70. The Balaban J connectivity index is 1.59. The van der Waals surface area contributed by atoms with Crippen molar-refractivity contribution in [3.63, 3.8) is 0 Å². The quantitative estimate of drug-likeness (QED) is 0.684. The maximum atomic E-state index is 12.4. The van der Waals surface area contributed by atoms with Crippen molar-refractivity contribution in [2.45, 2.75) is 27.5 Å². The Hall–Kier alpha value is -3.61. The highest BCUT2D eigenvalue weighted by atomic mass is 16.5. The van der Waals surface area contributed by atoms with E-state index in [0.717, 1.165) is 16.9 Å². The van der Waals surface area contributed by atoms with Gasteiger partial charge in [0.05, 0.1) is 0 Å². The molecule has 1 heterocycles. The monoisotopic (exact) mass is 378 g/mol. The van der Waals surface area contributed by atoms with Gasteiger partial charge in [0, 0.05) is 24.5 Å². The summed E-state index contributed by atoms with van der Waals surface area (Å²) in [6.07, 6.45) is 1.69. The van der Waals surface area contributed by atoms with Gasteiger partial charge in [-0.2, -0.15) is 5.10 Å². The van der Waals surface area contributed by atoms with Gasteiger partial charge in [-0.15, -0.1) is 0 Å². The zero-order valence-corrected chi connectivity index (χ0v) is 16.0. The summed E-state index contributed by atoms with van der Waals surface area (Å²) in [6, 6.07) is 14.5. The van der Waals surface area contributed by atoms with Gasteiger partial charge in [0.1, 0.15) is 5.75 Å². The van der Waals surface area contributed by atoms with Crippen molar-refractivity contribution in [2.75, 3.05) is 10.6 Å². The predicted molar refractivity (Wildman–Crippen MR) is 107 cm³/mol. The zero-order valence-electron chi connectivity index (χ0n) is 16.0. The van der Waals surface area contributed by atoms with Crippen LogP contribution in [0.4, 0.5) is 11.4 Å². The van der Waals surface area contributed by atoms with Crippen LogP contribution in [0.2, 0.25) is 0 Å². The van der Waals surface area contributed by atoms with Crippen molar-refractivity contribution >= 4 is 23.2 Å². The van der Waals surface area contributed by atoms with E-state index in [1.54, 1.807) is 41.2 Å². The van der Waals surface area contributed by atoms with Crippen LogP contribution in [0.1, 0.15) is 28.5 Å². The molecule has 0 spiro atoms. The number of carbonyl (C=O) groups excluding carboxylic acids is 2. The molecule has 3 aromatic rings. The molecule has 0 aliphatic rings. The number of amides is 2. The normalized spacial score (nSPS) is 10.4. The minimum atomic E-state index is -0.322. The maximum Gasteiger partial charge on any atom is 0.276 e. The first kappa shape index (κ1) is 19.2. The number of aromatic nitrogens is 2. The van der Waals surface area contributed by atoms with Gasteiger partial charge in [0.2, 0.25) is 5.91 Å². The summed E-state index contributed by atoms with van der Waals surface area (Å²) < 4.78 is 7.36. The fourth-order valence-corrected chi connectivity index (χ4v) is 2.59. The van der Waals surface area contributed by atoms with E-state index in [0.29, 0.717) is 11.4 Å². The van der Waals surface area contributed by atoms with Crippen LogP contribution in [0.5, 0.6) is 5.75 Å². The summed E-state index contributed by atoms with van der Waals surface area (Å²) in [5.74, 6) is 0.323. The molecule has 1 aromatic heterocycles. The van der Waals surface area contributed by atoms with Crippen molar-refractivity contribution in [3.05, 3.63) is 71.5 Å². The first-order valence-corrected chi connectivity index (χ1v) is 8.83. The third-order valence-electron chi connectivity index (χ3n) is 4.03. The third kappa shape index (κ3) is 4.97. The van der Waals surface area contributed by atoms with E-state index >= 15 is 0 Å². The molecule has 28 heavy (non-hydrogen) atoms. The van der Waals surface area contributed by atoms with Crippen LogP contribution in [-0.4, -0.2) is 21.6 Å². The van der Waals surface area contributed by atoms with E-state index in [9.17, 15) is 9.59 Å². The van der Waals surface area contributed by atoms with Gasteiger partial charge in [-0.3, -0.25) is 9.59 Å². The number of ether oxygens (including phenoxy) is 1. The van der Waals surface area contributed by atoms with Crippen LogP contribution >= 0.6 is 0 Å². The number of nitrogens with zero attached hydrogens (tertiary/aromatic N) is 2.